The van der Waals surface area contributed by atoms with E-state index in [0.717, 1.165) is 24.3 Å². The number of hydrogen-bond acceptors (Lipinski definition) is 3. The Kier molecular flexibility index (Phi) is 5.53. The van der Waals surface area contributed by atoms with Crippen LogP contribution in [0.5, 0.6) is 5.75 Å². The molecule has 0 aliphatic heterocycles. The van der Waals surface area contributed by atoms with Crippen LogP contribution >= 0.6 is 11.8 Å². The fourth-order valence-electron chi connectivity index (χ4n) is 2.40. The Balaban J connectivity index is 1.94. The predicted molar refractivity (Wildman–Crippen MR) is 82.8 cm³/mol. The molecule has 4 heteroatoms. The molecule has 1 N–H and O–H groups in total. The number of carbonyl (C=O) groups is 1. The SMILES string of the molecule is CCN(C(=O)CSc1cccc(O)c1)C1=CCCCC1. The minimum atomic E-state index is 0.147. The van der Waals surface area contributed by atoms with Crippen molar-refractivity contribution in [1.82, 2.24) is 4.90 Å². The molecule has 1 aliphatic carbocycles. The summed E-state index contributed by atoms with van der Waals surface area (Å²) < 4.78 is 0. The topological polar surface area (TPSA) is 40.5 Å². The molecule has 0 saturated heterocycles. The monoisotopic (exact) mass is 291 g/mol. The number of allylic oxidation sites excluding steroid dienone is 2. The first-order valence-electron chi connectivity index (χ1n) is 7.12. The average molecular weight is 291 g/mol. The number of thioether (sulfide) groups is 1. The van der Waals surface area contributed by atoms with Gasteiger partial charge in [-0.1, -0.05) is 12.1 Å². The number of nitrogens with zero attached hydrogens (tertiary/aromatic N) is 1. The van der Waals surface area contributed by atoms with Gasteiger partial charge in [0.1, 0.15) is 5.75 Å². The molecule has 0 fully saturated rings. The quantitative estimate of drug-likeness (QED) is 0.839. The number of hydrogen-bond donors (Lipinski definition) is 1. The van der Waals surface area contributed by atoms with E-state index in [1.165, 1.54) is 30.3 Å². The summed E-state index contributed by atoms with van der Waals surface area (Å²) in [6.07, 6.45) is 6.70. The van der Waals surface area contributed by atoms with Gasteiger partial charge in [0.25, 0.3) is 0 Å². The van der Waals surface area contributed by atoms with Crippen LogP contribution < -0.4 is 0 Å². The van der Waals surface area contributed by atoms with Gasteiger partial charge in [-0.2, -0.15) is 0 Å². The number of carbonyl (C=O) groups excluding carboxylic acids is 1. The summed E-state index contributed by atoms with van der Waals surface area (Å²) in [6.45, 7) is 2.75. The Morgan fingerprint density at radius 1 is 1.40 bits per heavy atom. The summed E-state index contributed by atoms with van der Waals surface area (Å²) >= 11 is 1.47. The summed E-state index contributed by atoms with van der Waals surface area (Å²) in [5.41, 5.74) is 1.18. The van der Waals surface area contributed by atoms with Crippen LogP contribution in [0.3, 0.4) is 0 Å². The molecule has 1 aromatic carbocycles. The van der Waals surface area contributed by atoms with Gasteiger partial charge in [-0.3, -0.25) is 4.79 Å². The van der Waals surface area contributed by atoms with Crippen molar-refractivity contribution in [2.24, 2.45) is 0 Å². The molecule has 20 heavy (non-hydrogen) atoms. The lowest BCUT2D eigenvalue weighted by atomic mass is 10.0. The number of benzene rings is 1. The lowest BCUT2D eigenvalue weighted by molar-refractivity contribution is -0.126. The van der Waals surface area contributed by atoms with Crippen molar-refractivity contribution in [3.63, 3.8) is 0 Å². The Morgan fingerprint density at radius 2 is 2.25 bits per heavy atom. The predicted octanol–water partition coefficient (Wildman–Crippen LogP) is 3.79. The zero-order valence-corrected chi connectivity index (χ0v) is 12.7. The van der Waals surface area contributed by atoms with Gasteiger partial charge >= 0.3 is 0 Å². The van der Waals surface area contributed by atoms with Gasteiger partial charge in [-0.05, 0) is 50.8 Å². The van der Waals surface area contributed by atoms with Gasteiger partial charge in [0.05, 0.1) is 5.75 Å². The molecule has 0 heterocycles. The normalized spacial score (nSPS) is 14.8. The lowest BCUT2D eigenvalue weighted by Gasteiger charge is -2.26. The van der Waals surface area contributed by atoms with E-state index >= 15 is 0 Å². The van der Waals surface area contributed by atoms with E-state index in [-0.39, 0.29) is 11.7 Å². The summed E-state index contributed by atoms with van der Waals surface area (Å²) in [5.74, 6) is 0.799. The van der Waals surface area contributed by atoms with Crippen LogP contribution in [0.25, 0.3) is 0 Å². The van der Waals surface area contributed by atoms with E-state index in [4.69, 9.17) is 0 Å². The van der Waals surface area contributed by atoms with Crippen LogP contribution in [0.4, 0.5) is 0 Å². The van der Waals surface area contributed by atoms with Crippen molar-refractivity contribution in [3.8, 4) is 5.75 Å². The second-order valence-electron chi connectivity index (χ2n) is 4.87. The highest BCUT2D eigenvalue weighted by Gasteiger charge is 2.17. The molecule has 0 atom stereocenters. The number of rotatable bonds is 5. The highest BCUT2D eigenvalue weighted by atomic mass is 32.2. The first-order valence-corrected chi connectivity index (χ1v) is 8.10. The minimum Gasteiger partial charge on any atom is -0.508 e. The minimum absolute atomic E-state index is 0.147. The maximum absolute atomic E-state index is 12.3. The third-order valence-electron chi connectivity index (χ3n) is 3.41. The maximum Gasteiger partial charge on any atom is 0.237 e. The van der Waals surface area contributed by atoms with Crippen LogP contribution in [0.1, 0.15) is 32.6 Å². The van der Waals surface area contributed by atoms with Crippen LogP contribution in [0.2, 0.25) is 0 Å². The summed E-state index contributed by atoms with van der Waals surface area (Å²) in [7, 11) is 0. The lowest BCUT2D eigenvalue weighted by Crippen LogP contribution is -2.32. The van der Waals surface area contributed by atoms with Gasteiger partial charge in [0.15, 0.2) is 0 Å². The molecule has 0 unspecified atom stereocenters. The Hall–Kier alpha value is -1.42. The Bertz CT molecular complexity index is 499. The number of phenolic OH excluding ortho intramolecular Hbond substituents is 1. The molecular formula is C16H21NO2S. The van der Waals surface area contributed by atoms with Gasteiger partial charge < -0.3 is 10.0 Å². The zero-order valence-electron chi connectivity index (χ0n) is 11.8. The summed E-state index contributed by atoms with van der Waals surface area (Å²) in [6, 6.07) is 7.03. The molecule has 1 aliphatic rings. The highest BCUT2D eigenvalue weighted by molar-refractivity contribution is 8.00. The van der Waals surface area contributed by atoms with Gasteiger partial charge in [-0.25, -0.2) is 0 Å². The first-order chi connectivity index (χ1) is 9.70. The Labute approximate surface area is 124 Å². The average Bonchev–Trinajstić information content (AvgIpc) is 2.47. The van der Waals surface area contributed by atoms with Crippen molar-refractivity contribution in [3.05, 3.63) is 36.0 Å². The smallest absolute Gasteiger partial charge is 0.237 e. The van der Waals surface area contributed by atoms with E-state index in [9.17, 15) is 9.90 Å². The molecular weight excluding hydrogens is 270 g/mol. The van der Waals surface area contributed by atoms with Crippen LogP contribution in [0.15, 0.2) is 40.9 Å². The van der Waals surface area contributed by atoms with Gasteiger partial charge in [-0.15, -0.1) is 11.8 Å². The van der Waals surface area contributed by atoms with Crippen molar-refractivity contribution in [2.45, 2.75) is 37.5 Å². The fraction of sp³-hybridized carbons (Fsp3) is 0.438. The van der Waals surface area contributed by atoms with Crippen molar-refractivity contribution in [2.75, 3.05) is 12.3 Å². The van der Waals surface area contributed by atoms with E-state index in [1.54, 1.807) is 18.2 Å². The first kappa shape index (κ1) is 15.0. The number of aromatic hydroxyl groups is 1. The highest BCUT2D eigenvalue weighted by Crippen LogP contribution is 2.25. The molecule has 0 spiro atoms. The second-order valence-corrected chi connectivity index (χ2v) is 5.91. The van der Waals surface area contributed by atoms with Gasteiger partial charge in [0, 0.05) is 17.1 Å². The third kappa shape index (κ3) is 4.04. The number of amides is 1. The molecule has 0 radical (unpaired) electrons. The second kappa shape index (κ2) is 7.39. The number of phenols is 1. The van der Waals surface area contributed by atoms with E-state index < -0.39 is 0 Å². The van der Waals surface area contributed by atoms with Crippen LogP contribution in [-0.4, -0.2) is 28.2 Å². The van der Waals surface area contributed by atoms with E-state index in [2.05, 4.69) is 6.08 Å². The van der Waals surface area contributed by atoms with E-state index in [1.807, 2.05) is 17.9 Å². The van der Waals surface area contributed by atoms with Crippen LogP contribution in [0, 0.1) is 0 Å². The summed E-state index contributed by atoms with van der Waals surface area (Å²) in [5, 5.41) is 9.42. The molecule has 0 saturated carbocycles. The molecule has 1 aromatic rings. The Morgan fingerprint density at radius 3 is 2.90 bits per heavy atom. The van der Waals surface area contributed by atoms with Crippen molar-refractivity contribution in [1.29, 1.82) is 0 Å². The van der Waals surface area contributed by atoms with Crippen molar-refractivity contribution >= 4 is 17.7 Å². The van der Waals surface area contributed by atoms with E-state index in [0.29, 0.717) is 5.75 Å². The fourth-order valence-corrected chi connectivity index (χ4v) is 3.23. The van der Waals surface area contributed by atoms with Crippen LogP contribution in [-0.2, 0) is 4.79 Å². The van der Waals surface area contributed by atoms with Gasteiger partial charge in [0.2, 0.25) is 5.91 Å². The van der Waals surface area contributed by atoms with Crippen molar-refractivity contribution < 1.29 is 9.90 Å². The molecule has 0 bridgehead atoms. The largest absolute Gasteiger partial charge is 0.508 e. The molecule has 2 rings (SSSR count). The standard InChI is InChI=1S/C16H21NO2S/c1-2-17(13-7-4-3-5-8-13)16(19)12-20-15-10-6-9-14(18)11-15/h6-7,9-11,18H,2-5,8,12H2,1H3. The molecule has 108 valence electrons. The maximum atomic E-state index is 12.3. The zero-order chi connectivity index (χ0) is 14.4. The molecule has 3 nitrogen and oxygen atoms in total. The third-order valence-corrected chi connectivity index (χ3v) is 4.39. The molecule has 0 aromatic heterocycles. The molecule has 1 amide bonds. The summed E-state index contributed by atoms with van der Waals surface area (Å²) in [4.78, 5) is 15.2.